The number of furan rings is 1. The van der Waals surface area contributed by atoms with E-state index >= 15 is 0 Å². The van der Waals surface area contributed by atoms with Crippen LogP contribution in [-0.2, 0) is 19.6 Å². The Balaban J connectivity index is 2.03. The van der Waals surface area contributed by atoms with Gasteiger partial charge in [0.1, 0.15) is 11.6 Å². The zero-order valence-electron chi connectivity index (χ0n) is 11.3. The second-order valence-electron chi connectivity index (χ2n) is 4.80. The lowest BCUT2D eigenvalue weighted by atomic mass is 10.1. The minimum atomic E-state index is -0.196. The molecule has 0 bridgehead atoms. The Labute approximate surface area is 112 Å². The monoisotopic (exact) mass is 262 g/mol. The minimum absolute atomic E-state index is 0.196. The maximum absolute atomic E-state index is 13.9. The first-order chi connectivity index (χ1) is 9.10. The van der Waals surface area contributed by atoms with E-state index in [1.165, 1.54) is 6.07 Å². The zero-order chi connectivity index (χ0) is 13.8. The van der Waals surface area contributed by atoms with E-state index in [1.807, 2.05) is 26.1 Å². The number of nitrogens with two attached hydrogens (primary N) is 1. The van der Waals surface area contributed by atoms with E-state index in [0.29, 0.717) is 18.7 Å². The smallest absolute Gasteiger partial charge is 0.128 e. The van der Waals surface area contributed by atoms with Crippen LogP contribution in [0.5, 0.6) is 0 Å². The molecule has 1 aromatic heterocycles. The zero-order valence-corrected chi connectivity index (χ0v) is 11.3. The van der Waals surface area contributed by atoms with Gasteiger partial charge in [-0.2, -0.15) is 0 Å². The Morgan fingerprint density at radius 3 is 2.53 bits per heavy atom. The van der Waals surface area contributed by atoms with Gasteiger partial charge in [-0.25, -0.2) is 4.39 Å². The highest BCUT2D eigenvalue weighted by molar-refractivity contribution is 5.24. The van der Waals surface area contributed by atoms with E-state index in [0.717, 1.165) is 23.4 Å². The fourth-order valence-corrected chi connectivity index (χ4v) is 2.06. The van der Waals surface area contributed by atoms with Crippen molar-refractivity contribution in [3.8, 4) is 0 Å². The van der Waals surface area contributed by atoms with Crippen LogP contribution in [0.3, 0.4) is 0 Å². The predicted octanol–water partition coefficient (Wildman–Crippen LogP) is 2.82. The summed E-state index contributed by atoms with van der Waals surface area (Å²) in [7, 11) is 1.96. The number of nitrogens with zero attached hydrogens (tertiary/aromatic N) is 1. The molecule has 0 saturated carbocycles. The molecule has 102 valence electrons. The highest BCUT2D eigenvalue weighted by atomic mass is 19.1. The van der Waals surface area contributed by atoms with Gasteiger partial charge in [-0.05, 0) is 31.7 Å². The van der Waals surface area contributed by atoms with E-state index in [1.54, 1.807) is 12.3 Å². The molecule has 0 unspecified atom stereocenters. The quantitative estimate of drug-likeness (QED) is 0.901. The Morgan fingerprint density at radius 1 is 1.21 bits per heavy atom. The summed E-state index contributed by atoms with van der Waals surface area (Å²) in [4.78, 5) is 2.05. The lowest BCUT2D eigenvalue weighted by Gasteiger charge is -2.17. The second kappa shape index (κ2) is 5.99. The van der Waals surface area contributed by atoms with Gasteiger partial charge in [0.05, 0.1) is 6.26 Å². The van der Waals surface area contributed by atoms with Gasteiger partial charge in [-0.15, -0.1) is 0 Å². The van der Waals surface area contributed by atoms with E-state index in [2.05, 4.69) is 4.90 Å². The molecular formula is C15H19FN2O. The number of rotatable bonds is 5. The first kappa shape index (κ1) is 13.8. The van der Waals surface area contributed by atoms with Crippen molar-refractivity contribution < 1.29 is 8.81 Å². The maximum atomic E-state index is 13.9. The Kier molecular flexibility index (Phi) is 4.35. The highest BCUT2D eigenvalue weighted by Gasteiger charge is 2.09. The summed E-state index contributed by atoms with van der Waals surface area (Å²) in [6.45, 7) is 3.59. The van der Waals surface area contributed by atoms with Crippen molar-refractivity contribution in [2.75, 3.05) is 7.05 Å². The molecule has 0 aliphatic rings. The molecule has 4 heteroatoms. The molecule has 2 aromatic rings. The van der Waals surface area contributed by atoms with Gasteiger partial charge in [0.2, 0.25) is 0 Å². The third kappa shape index (κ3) is 3.43. The standard InChI is InChI=1S/C15H19FN2O/c1-11-13(5-6-19-11)9-18(2)10-14-4-3-12(8-17)7-15(14)16/h3-7H,8-10,17H2,1-2H3. The van der Waals surface area contributed by atoms with E-state index in [9.17, 15) is 4.39 Å². The normalized spacial score (nSPS) is 11.2. The molecule has 1 heterocycles. The van der Waals surface area contributed by atoms with Crippen molar-refractivity contribution in [3.05, 3.63) is 58.8 Å². The fourth-order valence-electron chi connectivity index (χ4n) is 2.06. The third-order valence-corrected chi connectivity index (χ3v) is 3.20. The molecule has 0 atom stereocenters. The number of hydrogen-bond donors (Lipinski definition) is 1. The van der Waals surface area contributed by atoms with Crippen molar-refractivity contribution in [1.82, 2.24) is 4.90 Å². The average molecular weight is 262 g/mol. The van der Waals surface area contributed by atoms with Gasteiger partial charge < -0.3 is 10.2 Å². The Hall–Kier alpha value is -1.65. The summed E-state index contributed by atoms with van der Waals surface area (Å²) in [6.07, 6.45) is 1.68. The molecule has 2 N–H and O–H groups in total. The van der Waals surface area contributed by atoms with Gasteiger partial charge in [0, 0.05) is 30.8 Å². The number of hydrogen-bond acceptors (Lipinski definition) is 3. The molecule has 0 fully saturated rings. The Bertz CT molecular complexity index is 551. The summed E-state index contributed by atoms with van der Waals surface area (Å²) < 4.78 is 19.1. The summed E-state index contributed by atoms with van der Waals surface area (Å²) in [5.74, 6) is 0.713. The molecule has 0 aliphatic heterocycles. The van der Waals surface area contributed by atoms with Crippen LogP contribution in [0.15, 0.2) is 34.9 Å². The lowest BCUT2D eigenvalue weighted by Crippen LogP contribution is -2.18. The lowest BCUT2D eigenvalue weighted by molar-refractivity contribution is 0.311. The van der Waals surface area contributed by atoms with Gasteiger partial charge in [-0.3, -0.25) is 4.90 Å². The number of halogens is 1. The summed E-state index contributed by atoms with van der Waals surface area (Å²) >= 11 is 0. The van der Waals surface area contributed by atoms with E-state index in [4.69, 9.17) is 10.2 Å². The maximum Gasteiger partial charge on any atom is 0.128 e. The molecule has 0 spiro atoms. The molecule has 0 amide bonds. The SMILES string of the molecule is Cc1occc1CN(C)Cc1ccc(CN)cc1F. The molecular weight excluding hydrogens is 243 g/mol. The van der Waals surface area contributed by atoms with Crippen LogP contribution in [0.25, 0.3) is 0 Å². The van der Waals surface area contributed by atoms with Gasteiger partial charge in [0.15, 0.2) is 0 Å². The van der Waals surface area contributed by atoms with E-state index < -0.39 is 0 Å². The fraction of sp³-hybridized carbons (Fsp3) is 0.333. The van der Waals surface area contributed by atoms with Crippen LogP contribution >= 0.6 is 0 Å². The van der Waals surface area contributed by atoms with Crippen molar-refractivity contribution >= 4 is 0 Å². The first-order valence-electron chi connectivity index (χ1n) is 6.29. The number of benzene rings is 1. The van der Waals surface area contributed by atoms with Crippen molar-refractivity contribution in [3.63, 3.8) is 0 Å². The van der Waals surface area contributed by atoms with Gasteiger partial charge in [0.25, 0.3) is 0 Å². The van der Waals surface area contributed by atoms with Gasteiger partial charge in [-0.1, -0.05) is 12.1 Å². The number of aryl methyl sites for hydroxylation is 1. The van der Waals surface area contributed by atoms with Crippen LogP contribution in [0, 0.1) is 12.7 Å². The van der Waals surface area contributed by atoms with Crippen LogP contribution in [0.1, 0.15) is 22.5 Å². The molecule has 1 aromatic carbocycles. The largest absolute Gasteiger partial charge is 0.469 e. The van der Waals surface area contributed by atoms with Crippen LogP contribution in [0.2, 0.25) is 0 Å². The summed E-state index contributed by atoms with van der Waals surface area (Å²) in [5.41, 5.74) is 8.11. The van der Waals surface area contributed by atoms with Crippen molar-refractivity contribution in [2.45, 2.75) is 26.6 Å². The minimum Gasteiger partial charge on any atom is -0.469 e. The third-order valence-electron chi connectivity index (χ3n) is 3.20. The molecule has 0 radical (unpaired) electrons. The highest BCUT2D eigenvalue weighted by Crippen LogP contribution is 2.15. The van der Waals surface area contributed by atoms with Crippen molar-refractivity contribution in [2.24, 2.45) is 5.73 Å². The van der Waals surface area contributed by atoms with E-state index in [-0.39, 0.29) is 5.82 Å². The van der Waals surface area contributed by atoms with Gasteiger partial charge >= 0.3 is 0 Å². The second-order valence-corrected chi connectivity index (χ2v) is 4.80. The molecule has 0 aliphatic carbocycles. The van der Waals surface area contributed by atoms with Crippen LogP contribution in [-0.4, -0.2) is 11.9 Å². The molecule has 3 nitrogen and oxygen atoms in total. The first-order valence-corrected chi connectivity index (χ1v) is 6.29. The molecule has 19 heavy (non-hydrogen) atoms. The van der Waals surface area contributed by atoms with Crippen LogP contribution < -0.4 is 5.73 Å². The van der Waals surface area contributed by atoms with Crippen LogP contribution in [0.4, 0.5) is 4.39 Å². The van der Waals surface area contributed by atoms with Crippen molar-refractivity contribution in [1.29, 1.82) is 0 Å². The molecule has 2 rings (SSSR count). The topological polar surface area (TPSA) is 42.4 Å². The molecule has 0 saturated heterocycles. The average Bonchev–Trinajstić information content (AvgIpc) is 2.77. The summed E-state index contributed by atoms with van der Waals surface area (Å²) in [5, 5.41) is 0. The Morgan fingerprint density at radius 2 is 1.95 bits per heavy atom. The predicted molar refractivity (Wildman–Crippen MR) is 72.9 cm³/mol. The summed E-state index contributed by atoms with van der Waals surface area (Å²) in [6, 6.07) is 7.12.